The molecule has 0 saturated carbocycles. The normalized spacial score (nSPS) is 12.2. The second-order valence-electron chi connectivity index (χ2n) is 6.28. The summed E-state index contributed by atoms with van der Waals surface area (Å²) in [5.41, 5.74) is 5.01. The number of nitrogens with one attached hydrogen (secondary N) is 2. The molecular formula is C20H20N6. The number of rotatable bonds is 5. The van der Waals surface area contributed by atoms with E-state index in [-0.39, 0.29) is 6.04 Å². The molecule has 0 aliphatic heterocycles. The van der Waals surface area contributed by atoms with E-state index in [9.17, 15) is 0 Å². The Bertz CT molecular complexity index is 1020. The van der Waals surface area contributed by atoms with Gasteiger partial charge in [0, 0.05) is 5.56 Å². The van der Waals surface area contributed by atoms with Gasteiger partial charge >= 0.3 is 0 Å². The third kappa shape index (κ3) is 3.26. The Morgan fingerprint density at radius 1 is 1.08 bits per heavy atom. The number of aromatic amines is 1. The van der Waals surface area contributed by atoms with E-state index >= 15 is 0 Å². The van der Waals surface area contributed by atoms with Crippen molar-refractivity contribution >= 4 is 17.0 Å². The molecule has 0 unspecified atom stereocenters. The number of fused-ring (bicyclic) bond motifs is 1. The van der Waals surface area contributed by atoms with Gasteiger partial charge in [0.05, 0.1) is 29.0 Å². The lowest BCUT2D eigenvalue weighted by atomic mass is 10.2. The van der Waals surface area contributed by atoms with E-state index in [0.717, 1.165) is 34.5 Å². The molecule has 0 aliphatic carbocycles. The second-order valence-corrected chi connectivity index (χ2v) is 6.28. The first-order valence-electron chi connectivity index (χ1n) is 8.71. The van der Waals surface area contributed by atoms with Crippen molar-refractivity contribution in [3.8, 4) is 11.3 Å². The number of anilines is 1. The van der Waals surface area contributed by atoms with Gasteiger partial charge in [0.1, 0.15) is 5.82 Å². The Morgan fingerprint density at radius 2 is 1.92 bits per heavy atom. The largest absolute Gasteiger partial charge is 0.343 e. The summed E-state index contributed by atoms with van der Waals surface area (Å²) in [5.74, 6) is 1.37. The van der Waals surface area contributed by atoms with E-state index in [2.05, 4.69) is 51.5 Å². The molecule has 0 amide bonds. The quantitative estimate of drug-likeness (QED) is 0.565. The van der Waals surface area contributed by atoms with Gasteiger partial charge in [-0.3, -0.25) is 0 Å². The van der Waals surface area contributed by atoms with Gasteiger partial charge in [0.2, 0.25) is 5.95 Å². The van der Waals surface area contributed by atoms with Gasteiger partial charge < -0.3 is 10.3 Å². The maximum Gasteiger partial charge on any atom is 0.243 e. The summed E-state index contributed by atoms with van der Waals surface area (Å²) in [7, 11) is 0. The van der Waals surface area contributed by atoms with E-state index < -0.39 is 0 Å². The Labute approximate surface area is 151 Å². The first-order valence-corrected chi connectivity index (χ1v) is 8.71. The van der Waals surface area contributed by atoms with Crippen LogP contribution in [0.15, 0.2) is 54.7 Å². The van der Waals surface area contributed by atoms with Gasteiger partial charge in [-0.05, 0) is 31.0 Å². The standard InChI is InChI=1S/C20H20N6/c1-3-15(19-22-16-10-9-13(2)11-17(16)23-19)24-20-25-18(12-21-26-20)14-7-5-4-6-8-14/h4-12,15H,3H2,1-2H3,(H,22,23)(H,24,25,26)/t15-/m0/s1. The highest BCUT2D eigenvalue weighted by Crippen LogP contribution is 2.23. The number of hydrogen-bond donors (Lipinski definition) is 2. The van der Waals surface area contributed by atoms with Crippen molar-refractivity contribution in [3.05, 3.63) is 66.1 Å². The minimum absolute atomic E-state index is 0.0180. The zero-order chi connectivity index (χ0) is 17.9. The molecule has 26 heavy (non-hydrogen) atoms. The van der Waals surface area contributed by atoms with E-state index in [1.54, 1.807) is 6.20 Å². The van der Waals surface area contributed by atoms with Crippen LogP contribution in [0.1, 0.15) is 30.8 Å². The molecule has 6 heteroatoms. The molecule has 0 fully saturated rings. The van der Waals surface area contributed by atoms with E-state index in [1.165, 1.54) is 5.56 Å². The van der Waals surface area contributed by atoms with E-state index in [4.69, 9.17) is 4.98 Å². The summed E-state index contributed by atoms with van der Waals surface area (Å²) in [4.78, 5) is 12.7. The molecule has 2 aromatic heterocycles. The first-order chi connectivity index (χ1) is 12.7. The fourth-order valence-electron chi connectivity index (χ4n) is 2.94. The molecule has 4 rings (SSSR count). The van der Waals surface area contributed by atoms with Crippen molar-refractivity contribution < 1.29 is 0 Å². The monoisotopic (exact) mass is 344 g/mol. The third-order valence-electron chi connectivity index (χ3n) is 4.33. The van der Waals surface area contributed by atoms with Crippen molar-refractivity contribution in [1.82, 2.24) is 25.1 Å². The molecule has 0 radical (unpaired) electrons. The topological polar surface area (TPSA) is 79.4 Å². The zero-order valence-corrected chi connectivity index (χ0v) is 14.8. The molecule has 0 saturated heterocycles. The lowest BCUT2D eigenvalue weighted by Gasteiger charge is -2.14. The second kappa shape index (κ2) is 6.92. The Morgan fingerprint density at radius 3 is 2.73 bits per heavy atom. The number of nitrogens with zero attached hydrogens (tertiary/aromatic N) is 4. The van der Waals surface area contributed by atoms with Crippen LogP contribution < -0.4 is 5.32 Å². The predicted molar refractivity (Wildman–Crippen MR) is 103 cm³/mol. The fraction of sp³-hybridized carbons (Fsp3) is 0.200. The maximum absolute atomic E-state index is 4.71. The summed E-state index contributed by atoms with van der Waals surface area (Å²) in [5, 5.41) is 11.6. The summed E-state index contributed by atoms with van der Waals surface area (Å²) in [6.07, 6.45) is 2.52. The van der Waals surface area contributed by atoms with Crippen LogP contribution in [0.25, 0.3) is 22.3 Å². The van der Waals surface area contributed by atoms with Crippen LogP contribution in [0.5, 0.6) is 0 Å². The van der Waals surface area contributed by atoms with Gasteiger partial charge in [-0.2, -0.15) is 5.10 Å². The molecule has 4 aromatic rings. The van der Waals surface area contributed by atoms with E-state index in [1.807, 2.05) is 36.4 Å². The molecule has 2 N–H and O–H groups in total. The van der Waals surface area contributed by atoms with Crippen LogP contribution in [-0.4, -0.2) is 25.1 Å². The van der Waals surface area contributed by atoms with Crippen molar-refractivity contribution in [2.45, 2.75) is 26.3 Å². The number of H-pyrrole nitrogens is 1. The number of benzene rings is 2. The van der Waals surface area contributed by atoms with Crippen molar-refractivity contribution in [3.63, 3.8) is 0 Å². The van der Waals surface area contributed by atoms with Gasteiger partial charge in [0.25, 0.3) is 0 Å². The van der Waals surface area contributed by atoms with Crippen LogP contribution in [0.2, 0.25) is 0 Å². The average Bonchev–Trinajstić information content (AvgIpc) is 3.10. The molecule has 0 bridgehead atoms. The number of aromatic nitrogens is 5. The lowest BCUT2D eigenvalue weighted by Crippen LogP contribution is -2.14. The van der Waals surface area contributed by atoms with Crippen LogP contribution in [0.4, 0.5) is 5.95 Å². The lowest BCUT2D eigenvalue weighted by molar-refractivity contribution is 0.694. The zero-order valence-electron chi connectivity index (χ0n) is 14.8. The molecule has 0 spiro atoms. The number of hydrogen-bond acceptors (Lipinski definition) is 5. The van der Waals surface area contributed by atoms with Crippen molar-refractivity contribution in [2.75, 3.05) is 5.32 Å². The van der Waals surface area contributed by atoms with Crippen LogP contribution >= 0.6 is 0 Å². The Balaban J connectivity index is 1.62. The molecule has 2 heterocycles. The highest BCUT2D eigenvalue weighted by atomic mass is 15.2. The minimum Gasteiger partial charge on any atom is -0.343 e. The predicted octanol–water partition coefficient (Wildman–Crippen LogP) is 4.29. The van der Waals surface area contributed by atoms with Gasteiger partial charge in [-0.25, -0.2) is 9.97 Å². The summed E-state index contributed by atoms with van der Waals surface area (Å²) >= 11 is 0. The maximum atomic E-state index is 4.71. The first kappa shape index (κ1) is 16.2. The fourth-order valence-corrected chi connectivity index (χ4v) is 2.94. The Kier molecular flexibility index (Phi) is 4.31. The highest BCUT2D eigenvalue weighted by molar-refractivity contribution is 5.76. The van der Waals surface area contributed by atoms with Crippen molar-refractivity contribution in [2.24, 2.45) is 0 Å². The van der Waals surface area contributed by atoms with E-state index in [0.29, 0.717) is 5.95 Å². The molecule has 6 nitrogen and oxygen atoms in total. The minimum atomic E-state index is -0.0180. The van der Waals surface area contributed by atoms with Gasteiger partial charge in [0.15, 0.2) is 0 Å². The third-order valence-corrected chi connectivity index (χ3v) is 4.33. The molecular weight excluding hydrogens is 324 g/mol. The summed E-state index contributed by atoms with van der Waals surface area (Å²) < 4.78 is 0. The smallest absolute Gasteiger partial charge is 0.243 e. The number of imidazole rings is 1. The average molecular weight is 344 g/mol. The van der Waals surface area contributed by atoms with Crippen molar-refractivity contribution in [1.29, 1.82) is 0 Å². The number of aryl methyl sites for hydroxylation is 1. The Hall–Kier alpha value is -3.28. The molecule has 2 aromatic carbocycles. The SMILES string of the molecule is CC[C@H](Nc1nncc(-c2ccccc2)n1)c1nc2ccc(C)cc2[nH]1. The summed E-state index contributed by atoms with van der Waals surface area (Å²) in [6, 6.07) is 16.1. The van der Waals surface area contributed by atoms with Crippen LogP contribution in [-0.2, 0) is 0 Å². The molecule has 0 aliphatic rings. The molecule has 1 atom stereocenters. The molecule has 130 valence electrons. The summed E-state index contributed by atoms with van der Waals surface area (Å²) in [6.45, 7) is 4.18. The van der Waals surface area contributed by atoms with Crippen LogP contribution in [0, 0.1) is 6.92 Å². The van der Waals surface area contributed by atoms with Gasteiger partial charge in [-0.15, -0.1) is 5.10 Å². The highest BCUT2D eigenvalue weighted by Gasteiger charge is 2.16. The van der Waals surface area contributed by atoms with Crippen LogP contribution in [0.3, 0.4) is 0 Å². The van der Waals surface area contributed by atoms with Gasteiger partial charge in [-0.1, -0.05) is 43.3 Å².